The third-order valence-corrected chi connectivity index (χ3v) is 8.00. The fourth-order valence-electron chi connectivity index (χ4n) is 1.82. The Morgan fingerprint density at radius 2 is 1.12 bits per heavy atom. The zero-order valence-electron chi connectivity index (χ0n) is 14.3. The van der Waals surface area contributed by atoms with Crippen LogP contribution in [0.25, 0.3) is 0 Å². The van der Waals surface area contributed by atoms with Crippen LogP contribution in [0.1, 0.15) is 20.8 Å². The second-order valence-electron chi connectivity index (χ2n) is 4.41. The van der Waals surface area contributed by atoms with Gasteiger partial charge in [-0.05, 0) is 20.8 Å². The molecule has 0 aliphatic carbocycles. The van der Waals surface area contributed by atoms with E-state index in [2.05, 4.69) is 22.3 Å². The summed E-state index contributed by atoms with van der Waals surface area (Å²) >= 11 is 0. The second kappa shape index (κ2) is 8.68. The van der Waals surface area contributed by atoms with Gasteiger partial charge in [0, 0.05) is 34.0 Å². The highest BCUT2D eigenvalue weighted by Crippen LogP contribution is 2.69. The molecule has 0 unspecified atom stereocenters. The SMILES string of the molecule is CCO[Si](OCC)(OCC)C(F)(F)C(F)(F)C(F)(F)P(=O)(OC)OC. The lowest BCUT2D eigenvalue weighted by Crippen LogP contribution is -2.72. The van der Waals surface area contributed by atoms with Crippen LogP contribution in [0.5, 0.6) is 0 Å². The highest BCUT2D eigenvalue weighted by Gasteiger charge is 2.88. The first kappa shape index (κ1) is 24.8. The van der Waals surface area contributed by atoms with E-state index in [1.54, 1.807) is 0 Å². The summed E-state index contributed by atoms with van der Waals surface area (Å²) in [4.78, 5) is 0. The molecule has 0 aromatic rings. The summed E-state index contributed by atoms with van der Waals surface area (Å²) in [5, 5.41) is 0. The van der Waals surface area contributed by atoms with Gasteiger partial charge in [-0.2, -0.15) is 26.3 Å². The number of halogens is 6. The Hall–Kier alpha value is -0.173. The van der Waals surface area contributed by atoms with Gasteiger partial charge in [0.05, 0.1) is 0 Å². The molecule has 0 atom stereocenters. The third kappa shape index (κ3) is 3.92. The second-order valence-corrected chi connectivity index (χ2v) is 9.30. The van der Waals surface area contributed by atoms with Crippen LogP contribution in [-0.2, 0) is 26.9 Å². The van der Waals surface area contributed by atoms with Gasteiger partial charge in [0.2, 0.25) is 0 Å². The Morgan fingerprint density at radius 3 is 1.36 bits per heavy atom. The van der Waals surface area contributed by atoms with E-state index in [-0.39, 0.29) is 0 Å². The molecule has 152 valence electrons. The van der Waals surface area contributed by atoms with Crippen molar-refractivity contribution in [2.75, 3.05) is 34.0 Å². The Labute approximate surface area is 142 Å². The molecule has 0 aliphatic rings. The third-order valence-electron chi connectivity index (χ3n) is 2.98. The predicted molar refractivity (Wildman–Crippen MR) is 77.1 cm³/mol. The zero-order valence-corrected chi connectivity index (χ0v) is 16.2. The van der Waals surface area contributed by atoms with Crippen molar-refractivity contribution in [1.82, 2.24) is 0 Å². The van der Waals surface area contributed by atoms with Gasteiger partial charge < -0.3 is 22.3 Å². The fraction of sp³-hybridized carbons (Fsp3) is 1.00. The summed E-state index contributed by atoms with van der Waals surface area (Å²) < 4.78 is 119. The van der Waals surface area contributed by atoms with Crippen molar-refractivity contribution in [3.05, 3.63) is 0 Å². The normalized spacial score (nSPS) is 14.8. The first-order chi connectivity index (χ1) is 11.3. The average molecular weight is 422 g/mol. The number of rotatable bonds is 12. The zero-order chi connectivity index (χ0) is 20.2. The number of hydrogen-bond acceptors (Lipinski definition) is 6. The quantitative estimate of drug-likeness (QED) is 0.270. The molecule has 0 fully saturated rings. The summed E-state index contributed by atoms with van der Waals surface area (Å²) in [6.07, 6.45) is 0. The summed E-state index contributed by atoms with van der Waals surface area (Å²) in [6.45, 7) is 1.78. The van der Waals surface area contributed by atoms with E-state index in [0.717, 1.165) is 0 Å². The molecule has 0 aliphatic heterocycles. The van der Waals surface area contributed by atoms with Crippen molar-refractivity contribution in [2.45, 2.75) is 37.9 Å². The Bertz CT molecular complexity index is 455. The van der Waals surface area contributed by atoms with Gasteiger partial charge in [-0.3, -0.25) is 4.57 Å². The maximum absolute atomic E-state index is 14.6. The molecule has 14 heteroatoms. The summed E-state index contributed by atoms with van der Waals surface area (Å²) in [6, 6.07) is 0. The van der Waals surface area contributed by atoms with E-state index < -0.39 is 53.4 Å². The molecule has 0 saturated carbocycles. The van der Waals surface area contributed by atoms with Gasteiger partial charge in [-0.1, -0.05) is 0 Å². The van der Waals surface area contributed by atoms with Crippen LogP contribution < -0.4 is 0 Å². The Kier molecular flexibility index (Phi) is 8.62. The van der Waals surface area contributed by atoms with Gasteiger partial charge in [0.25, 0.3) is 0 Å². The molecule has 0 N–H and O–H groups in total. The van der Waals surface area contributed by atoms with Crippen LogP contribution in [0, 0.1) is 0 Å². The maximum atomic E-state index is 14.6. The summed E-state index contributed by atoms with van der Waals surface area (Å²) in [7, 11) is -10.9. The van der Waals surface area contributed by atoms with Crippen LogP contribution in [0.3, 0.4) is 0 Å². The predicted octanol–water partition coefficient (Wildman–Crippen LogP) is 3.92. The van der Waals surface area contributed by atoms with E-state index in [0.29, 0.717) is 14.2 Å². The number of alkyl halides is 6. The largest absolute Gasteiger partial charge is 0.582 e. The van der Waals surface area contributed by atoms with Crippen LogP contribution in [0.15, 0.2) is 0 Å². The molecule has 0 aromatic carbocycles. The van der Waals surface area contributed by atoms with Crippen LogP contribution in [0.4, 0.5) is 26.3 Å². The summed E-state index contributed by atoms with van der Waals surface area (Å²) in [5.41, 5.74) is -11.5. The highest BCUT2D eigenvalue weighted by molar-refractivity contribution is 7.55. The van der Waals surface area contributed by atoms with Crippen LogP contribution in [0.2, 0.25) is 0 Å². The maximum Gasteiger partial charge on any atom is 0.582 e. The van der Waals surface area contributed by atoms with Crippen molar-refractivity contribution in [2.24, 2.45) is 0 Å². The van der Waals surface area contributed by atoms with Crippen molar-refractivity contribution < 1.29 is 53.2 Å². The molecular formula is C11H21F6O6PSi. The molecule has 0 aromatic heterocycles. The minimum absolute atomic E-state index is 0.366. The Morgan fingerprint density at radius 1 is 0.800 bits per heavy atom. The molecule has 0 bridgehead atoms. The first-order valence-corrected chi connectivity index (χ1v) is 10.3. The lowest BCUT2D eigenvalue weighted by Gasteiger charge is -2.41. The molecule has 0 saturated heterocycles. The molecule has 0 heterocycles. The van der Waals surface area contributed by atoms with Crippen molar-refractivity contribution in [1.29, 1.82) is 0 Å². The van der Waals surface area contributed by atoms with Crippen molar-refractivity contribution >= 4 is 16.4 Å². The highest BCUT2D eigenvalue weighted by atomic mass is 31.2. The Balaban J connectivity index is 6.42. The van der Waals surface area contributed by atoms with E-state index in [1.807, 2.05) is 0 Å². The fourth-order valence-corrected chi connectivity index (χ4v) is 5.50. The summed E-state index contributed by atoms with van der Waals surface area (Å²) in [5.74, 6) is -6.23. The molecule has 6 nitrogen and oxygen atoms in total. The molecule has 0 spiro atoms. The van der Waals surface area contributed by atoms with E-state index >= 15 is 0 Å². The molecule has 25 heavy (non-hydrogen) atoms. The molecular weight excluding hydrogens is 401 g/mol. The molecule has 0 radical (unpaired) electrons. The lowest BCUT2D eigenvalue weighted by molar-refractivity contribution is -0.273. The average Bonchev–Trinajstić information content (AvgIpc) is 2.53. The standard InChI is InChI=1S/C11H21F6O6PSi/c1-6-21-25(22-7-2,23-8-3)11(16,17)9(12,13)10(14,15)24(18,19-4)20-5/h6-8H2,1-5H3. The van der Waals surface area contributed by atoms with Gasteiger partial charge in [0.15, 0.2) is 0 Å². The van der Waals surface area contributed by atoms with Crippen molar-refractivity contribution in [3.8, 4) is 0 Å². The number of hydrogen-bond donors (Lipinski definition) is 0. The smallest absolute Gasteiger partial charge is 0.370 e. The van der Waals surface area contributed by atoms with Crippen LogP contribution >= 0.6 is 7.60 Å². The topological polar surface area (TPSA) is 63.2 Å². The molecule has 0 rings (SSSR count). The van der Waals surface area contributed by atoms with Crippen LogP contribution in [-0.4, -0.2) is 60.0 Å². The van der Waals surface area contributed by atoms with E-state index in [9.17, 15) is 30.9 Å². The van der Waals surface area contributed by atoms with Crippen molar-refractivity contribution in [3.63, 3.8) is 0 Å². The van der Waals surface area contributed by atoms with E-state index in [4.69, 9.17) is 0 Å². The monoisotopic (exact) mass is 422 g/mol. The molecule has 0 amide bonds. The van der Waals surface area contributed by atoms with Gasteiger partial charge in [-0.25, -0.2) is 0 Å². The van der Waals surface area contributed by atoms with E-state index in [1.165, 1.54) is 20.8 Å². The first-order valence-electron chi connectivity index (χ1n) is 7.07. The van der Waals surface area contributed by atoms with Gasteiger partial charge >= 0.3 is 33.5 Å². The lowest BCUT2D eigenvalue weighted by atomic mass is 10.3. The minimum atomic E-state index is -6.23. The van der Waals surface area contributed by atoms with Gasteiger partial charge in [0.1, 0.15) is 0 Å². The minimum Gasteiger partial charge on any atom is -0.370 e. The van der Waals surface area contributed by atoms with Gasteiger partial charge in [-0.15, -0.1) is 0 Å².